The Hall–Kier alpha value is -3.58. The van der Waals surface area contributed by atoms with Crippen molar-refractivity contribution in [1.29, 1.82) is 5.26 Å². The number of sulfonamides is 1. The highest BCUT2D eigenvalue weighted by atomic mass is 32.2. The maximum absolute atomic E-state index is 13.1. The topological polar surface area (TPSA) is 120 Å². The lowest BCUT2D eigenvalue weighted by Gasteiger charge is -2.17. The second-order valence-corrected chi connectivity index (χ2v) is 9.82. The average molecular weight is 464 g/mol. The third-order valence-electron chi connectivity index (χ3n) is 4.79. The summed E-state index contributed by atoms with van der Waals surface area (Å²) in [5.74, 6) is -1.21. The highest BCUT2D eigenvalue weighted by molar-refractivity contribution is 7.89. The second-order valence-electron chi connectivity index (χ2n) is 7.04. The lowest BCUT2D eigenvalue weighted by Crippen LogP contribution is -2.30. The third kappa shape index (κ3) is 4.68. The number of rotatable bonds is 7. The lowest BCUT2D eigenvalue weighted by molar-refractivity contribution is 0.0696. The molecule has 2 N–H and O–H groups in total. The number of nitriles is 1. The Morgan fingerprint density at radius 1 is 1.09 bits per heavy atom. The van der Waals surface area contributed by atoms with Gasteiger partial charge in [-0.05, 0) is 54.4 Å². The fourth-order valence-corrected chi connectivity index (χ4v) is 5.61. The molecule has 1 heterocycles. The molecule has 0 bridgehead atoms. The fourth-order valence-electron chi connectivity index (χ4n) is 3.27. The van der Waals surface area contributed by atoms with Crippen LogP contribution in [-0.2, 0) is 16.4 Å². The Labute approximate surface area is 188 Å². The SMILES string of the molecule is N#Cc1cccc(CC(NS(=O)(=O)c2cccc(C(=O)O)c2)c2nc3ccccc3s2)c1. The Morgan fingerprint density at radius 2 is 1.88 bits per heavy atom. The minimum atomic E-state index is -4.05. The van der Waals surface area contributed by atoms with Crippen LogP contribution in [-0.4, -0.2) is 24.5 Å². The van der Waals surface area contributed by atoms with Crippen molar-refractivity contribution >= 4 is 37.5 Å². The van der Waals surface area contributed by atoms with Gasteiger partial charge in [-0.25, -0.2) is 22.9 Å². The van der Waals surface area contributed by atoms with Gasteiger partial charge in [-0.2, -0.15) is 5.26 Å². The van der Waals surface area contributed by atoms with Crippen molar-refractivity contribution in [2.24, 2.45) is 0 Å². The number of thiazole rings is 1. The summed E-state index contributed by atoms with van der Waals surface area (Å²) in [6.45, 7) is 0. The van der Waals surface area contributed by atoms with Gasteiger partial charge in [0, 0.05) is 0 Å². The summed E-state index contributed by atoms with van der Waals surface area (Å²) in [6.07, 6.45) is 0.271. The number of aromatic nitrogens is 1. The Bertz CT molecular complexity index is 1420. The van der Waals surface area contributed by atoms with Gasteiger partial charge in [0.2, 0.25) is 10.0 Å². The number of aromatic carboxylic acids is 1. The summed E-state index contributed by atoms with van der Waals surface area (Å²) in [4.78, 5) is 15.7. The minimum Gasteiger partial charge on any atom is -0.478 e. The first-order valence-electron chi connectivity index (χ1n) is 9.56. The van der Waals surface area contributed by atoms with Gasteiger partial charge in [0.25, 0.3) is 0 Å². The maximum atomic E-state index is 13.1. The second kappa shape index (κ2) is 8.88. The van der Waals surface area contributed by atoms with E-state index in [2.05, 4.69) is 15.8 Å². The molecular weight excluding hydrogens is 446 g/mol. The summed E-state index contributed by atoms with van der Waals surface area (Å²) in [5, 5.41) is 19.0. The van der Waals surface area contributed by atoms with E-state index in [0.29, 0.717) is 10.6 Å². The Morgan fingerprint density at radius 3 is 2.62 bits per heavy atom. The number of hydrogen-bond donors (Lipinski definition) is 2. The maximum Gasteiger partial charge on any atom is 0.335 e. The van der Waals surface area contributed by atoms with Gasteiger partial charge in [0.1, 0.15) is 5.01 Å². The van der Waals surface area contributed by atoms with Crippen LogP contribution in [0.2, 0.25) is 0 Å². The van der Waals surface area contributed by atoms with Crippen LogP contribution in [0.15, 0.2) is 77.7 Å². The van der Waals surface area contributed by atoms with E-state index in [4.69, 9.17) is 0 Å². The van der Waals surface area contributed by atoms with Gasteiger partial charge in [-0.15, -0.1) is 11.3 Å². The van der Waals surface area contributed by atoms with Gasteiger partial charge in [0.15, 0.2) is 0 Å². The Kier molecular flexibility index (Phi) is 6.01. The van der Waals surface area contributed by atoms with E-state index in [1.807, 2.05) is 30.3 Å². The number of nitrogens with one attached hydrogen (secondary N) is 1. The summed E-state index contributed by atoms with van der Waals surface area (Å²) in [7, 11) is -4.05. The quantitative estimate of drug-likeness (QED) is 0.425. The van der Waals surface area contributed by atoms with E-state index in [1.165, 1.54) is 29.5 Å². The van der Waals surface area contributed by atoms with Crippen LogP contribution in [0.3, 0.4) is 0 Å². The molecule has 0 aliphatic rings. The van der Waals surface area contributed by atoms with Crippen LogP contribution in [0.4, 0.5) is 0 Å². The molecule has 3 aromatic carbocycles. The first kappa shape index (κ1) is 21.6. The molecular formula is C23H17N3O4S2. The molecule has 7 nitrogen and oxygen atoms in total. The van der Waals surface area contributed by atoms with Crippen molar-refractivity contribution in [3.8, 4) is 6.07 Å². The number of benzene rings is 3. The molecule has 160 valence electrons. The zero-order valence-corrected chi connectivity index (χ0v) is 18.2. The number of carboxylic acid groups (broad SMARTS) is 1. The summed E-state index contributed by atoms with van der Waals surface area (Å²) < 4.78 is 29.9. The molecule has 0 amide bonds. The number of nitrogens with zero attached hydrogens (tertiary/aromatic N) is 2. The average Bonchev–Trinajstić information content (AvgIpc) is 3.23. The molecule has 0 aliphatic carbocycles. The van der Waals surface area contributed by atoms with E-state index in [-0.39, 0.29) is 16.9 Å². The van der Waals surface area contributed by atoms with Crippen LogP contribution in [0.1, 0.15) is 32.5 Å². The summed E-state index contributed by atoms with van der Waals surface area (Å²) in [5.41, 5.74) is 1.89. The van der Waals surface area contributed by atoms with Crippen LogP contribution < -0.4 is 4.72 Å². The van der Waals surface area contributed by atoms with Gasteiger partial charge in [-0.1, -0.05) is 30.3 Å². The third-order valence-corrected chi connectivity index (χ3v) is 7.41. The monoisotopic (exact) mass is 463 g/mol. The van der Waals surface area contributed by atoms with E-state index < -0.39 is 22.0 Å². The van der Waals surface area contributed by atoms with Crippen molar-refractivity contribution in [2.75, 3.05) is 0 Å². The minimum absolute atomic E-state index is 0.119. The van der Waals surface area contributed by atoms with Gasteiger partial charge < -0.3 is 5.11 Å². The lowest BCUT2D eigenvalue weighted by atomic mass is 10.0. The van der Waals surface area contributed by atoms with Crippen molar-refractivity contribution in [3.05, 3.63) is 94.5 Å². The number of carboxylic acids is 1. The van der Waals surface area contributed by atoms with Crippen LogP contribution >= 0.6 is 11.3 Å². The summed E-state index contributed by atoms with van der Waals surface area (Å²) in [6, 6.07) is 21.0. The predicted octanol–water partition coefficient (Wildman–Crippen LogP) is 4.13. The largest absolute Gasteiger partial charge is 0.478 e. The van der Waals surface area contributed by atoms with Crippen molar-refractivity contribution in [2.45, 2.75) is 17.4 Å². The van der Waals surface area contributed by atoms with Crippen molar-refractivity contribution in [3.63, 3.8) is 0 Å². The van der Waals surface area contributed by atoms with Gasteiger partial charge in [0.05, 0.1) is 38.4 Å². The number of para-hydroxylation sites is 1. The molecule has 9 heteroatoms. The first-order valence-corrected chi connectivity index (χ1v) is 11.9. The van der Waals surface area contributed by atoms with Crippen molar-refractivity contribution in [1.82, 2.24) is 9.71 Å². The van der Waals surface area contributed by atoms with Crippen LogP contribution in [0.25, 0.3) is 10.2 Å². The van der Waals surface area contributed by atoms with E-state index in [0.717, 1.165) is 21.8 Å². The molecule has 4 rings (SSSR count). The molecule has 1 unspecified atom stereocenters. The highest BCUT2D eigenvalue weighted by Crippen LogP contribution is 2.30. The van der Waals surface area contributed by atoms with Crippen molar-refractivity contribution < 1.29 is 18.3 Å². The zero-order chi connectivity index (χ0) is 22.7. The zero-order valence-electron chi connectivity index (χ0n) is 16.6. The number of fused-ring (bicyclic) bond motifs is 1. The smallest absolute Gasteiger partial charge is 0.335 e. The summed E-state index contributed by atoms with van der Waals surface area (Å²) >= 11 is 1.38. The molecule has 0 saturated heterocycles. The van der Waals surface area contributed by atoms with E-state index in [1.54, 1.807) is 18.2 Å². The standard InChI is InChI=1S/C23H17N3O4S2/c24-14-16-6-3-5-15(11-16)12-20(22-25-19-9-1-2-10-21(19)31-22)26-32(29,30)18-8-4-7-17(13-18)23(27)28/h1-11,13,20,26H,12H2,(H,27,28). The Balaban J connectivity index is 1.73. The van der Waals surface area contributed by atoms with Gasteiger partial charge >= 0.3 is 5.97 Å². The van der Waals surface area contributed by atoms with Crippen LogP contribution in [0, 0.1) is 11.3 Å². The molecule has 1 aromatic heterocycles. The molecule has 0 aliphatic heterocycles. The predicted molar refractivity (Wildman–Crippen MR) is 121 cm³/mol. The first-order chi connectivity index (χ1) is 15.4. The number of hydrogen-bond acceptors (Lipinski definition) is 6. The van der Waals surface area contributed by atoms with E-state index >= 15 is 0 Å². The molecule has 0 spiro atoms. The van der Waals surface area contributed by atoms with Crippen LogP contribution in [0.5, 0.6) is 0 Å². The van der Waals surface area contributed by atoms with E-state index in [9.17, 15) is 23.6 Å². The molecule has 0 saturated carbocycles. The molecule has 0 fully saturated rings. The molecule has 1 atom stereocenters. The molecule has 0 radical (unpaired) electrons. The fraction of sp³-hybridized carbons (Fsp3) is 0.0870. The van der Waals surface area contributed by atoms with Gasteiger partial charge in [-0.3, -0.25) is 0 Å². The molecule has 4 aromatic rings. The highest BCUT2D eigenvalue weighted by Gasteiger charge is 2.25. The molecule has 32 heavy (non-hydrogen) atoms. The normalized spacial score (nSPS) is 12.3. The number of carbonyl (C=O) groups is 1.